The summed E-state index contributed by atoms with van der Waals surface area (Å²) < 4.78 is 5.23. The lowest BCUT2D eigenvalue weighted by molar-refractivity contribution is -0.127. The van der Waals surface area contributed by atoms with E-state index in [1.165, 1.54) is 0 Å². The molecule has 1 saturated heterocycles. The first-order valence-corrected chi connectivity index (χ1v) is 11.0. The number of carbonyl (C=O) groups excluding carboxylic acids is 1. The number of piperidine rings is 1. The Balaban J connectivity index is 1.73. The van der Waals surface area contributed by atoms with E-state index in [-0.39, 0.29) is 17.5 Å². The molecule has 0 aliphatic carbocycles. The van der Waals surface area contributed by atoms with Crippen LogP contribution in [0.4, 0.5) is 5.69 Å². The summed E-state index contributed by atoms with van der Waals surface area (Å²) in [6.45, 7) is 4.89. The smallest absolute Gasteiger partial charge is 0.271 e. The van der Waals surface area contributed by atoms with Gasteiger partial charge >= 0.3 is 0 Å². The molecule has 0 bridgehead atoms. The molecule has 0 spiro atoms. The van der Waals surface area contributed by atoms with Crippen LogP contribution in [-0.2, 0) is 4.79 Å². The fourth-order valence-electron chi connectivity index (χ4n) is 4.05. The quantitative estimate of drug-likeness (QED) is 0.636. The number of methoxy groups -OCH3 is 1. The van der Waals surface area contributed by atoms with E-state index in [0.29, 0.717) is 31.2 Å². The highest BCUT2D eigenvalue weighted by atomic mass is 16.5. The molecule has 0 saturated carbocycles. The molecule has 172 valence electrons. The van der Waals surface area contributed by atoms with Crippen LogP contribution in [0.5, 0.6) is 5.88 Å². The monoisotopic (exact) mass is 439 g/mol. The van der Waals surface area contributed by atoms with E-state index in [0.717, 1.165) is 30.5 Å². The third-order valence-electron chi connectivity index (χ3n) is 5.76. The Bertz CT molecular complexity index is 993. The van der Waals surface area contributed by atoms with Crippen LogP contribution in [0.3, 0.4) is 0 Å². The van der Waals surface area contributed by atoms with E-state index in [2.05, 4.69) is 21.8 Å². The Labute approximate surface area is 189 Å². The average Bonchev–Trinajstić information content (AvgIpc) is 2.81. The molecule has 32 heavy (non-hydrogen) atoms. The molecule has 0 aromatic carbocycles. The number of hydrogen-bond acceptors (Lipinski definition) is 6. The summed E-state index contributed by atoms with van der Waals surface area (Å²) in [5.74, 6) is 0.582. The molecule has 2 aromatic heterocycles. The third kappa shape index (κ3) is 5.76. The first kappa shape index (κ1) is 23.5. The minimum Gasteiger partial charge on any atom is -0.481 e. The van der Waals surface area contributed by atoms with Crippen molar-refractivity contribution in [2.45, 2.75) is 25.8 Å². The van der Waals surface area contributed by atoms with Crippen molar-refractivity contribution in [3.63, 3.8) is 0 Å². The van der Waals surface area contributed by atoms with E-state index < -0.39 is 0 Å². The zero-order valence-electron chi connectivity index (χ0n) is 19.4. The minimum absolute atomic E-state index is 0.0554. The summed E-state index contributed by atoms with van der Waals surface area (Å²) in [5, 5.41) is 0. The zero-order chi connectivity index (χ0) is 23.1. The maximum atomic E-state index is 12.7. The van der Waals surface area contributed by atoms with Gasteiger partial charge in [0.25, 0.3) is 5.56 Å². The number of aromatic nitrogens is 2. The molecule has 0 atom stereocenters. The van der Waals surface area contributed by atoms with Crippen LogP contribution in [0.1, 0.15) is 19.8 Å². The maximum absolute atomic E-state index is 12.7. The van der Waals surface area contributed by atoms with Crippen molar-refractivity contribution < 1.29 is 9.53 Å². The molecule has 1 aliphatic heterocycles. The number of likely N-dealkylation sites (N-methyl/N-ethyl adjacent to an activating group) is 1. The SMILES string of the molecule is CCN(c1cc(-c2ccnc(OC)c2)c[nH]c1=O)C1CCN(C(=O)/C=C/CN(C)C)CC1. The van der Waals surface area contributed by atoms with Crippen LogP contribution in [-0.4, -0.2) is 79.1 Å². The number of carbonyl (C=O) groups is 1. The van der Waals surface area contributed by atoms with Crippen molar-refractivity contribution in [2.75, 3.05) is 52.3 Å². The van der Waals surface area contributed by atoms with Gasteiger partial charge in [0, 0.05) is 62.3 Å². The van der Waals surface area contributed by atoms with Gasteiger partial charge in [-0.15, -0.1) is 0 Å². The summed E-state index contributed by atoms with van der Waals surface area (Å²) >= 11 is 0. The number of H-pyrrole nitrogens is 1. The Morgan fingerprint density at radius 3 is 2.69 bits per heavy atom. The molecule has 1 aliphatic rings. The number of rotatable bonds is 8. The van der Waals surface area contributed by atoms with Crippen LogP contribution in [0.2, 0.25) is 0 Å². The van der Waals surface area contributed by atoms with Gasteiger partial charge in [0.1, 0.15) is 5.69 Å². The van der Waals surface area contributed by atoms with Gasteiger partial charge in [0.2, 0.25) is 11.8 Å². The number of nitrogens with zero attached hydrogens (tertiary/aromatic N) is 4. The first-order chi connectivity index (χ1) is 15.4. The number of amides is 1. The first-order valence-electron chi connectivity index (χ1n) is 11.0. The Hall–Kier alpha value is -3.13. The van der Waals surface area contributed by atoms with E-state index in [4.69, 9.17) is 4.74 Å². The number of ether oxygens (including phenoxy) is 1. The van der Waals surface area contributed by atoms with Crippen LogP contribution >= 0.6 is 0 Å². The third-order valence-corrected chi connectivity index (χ3v) is 5.76. The van der Waals surface area contributed by atoms with E-state index in [9.17, 15) is 9.59 Å². The second kappa shape index (κ2) is 10.9. The topological polar surface area (TPSA) is 81.8 Å². The predicted molar refractivity (Wildman–Crippen MR) is 127 cm³/mol. The zero-order valence-corrected chi connectivity index (χ0v) is 19.4. The van der Waals surface area contributed by atoms with Gasteiger partial charge in [-0.2, -0.15) is 0 Å². The summed E-state index contributed by atoms with van der Waals surface area (Å²) in [5.41, 5.74) is 2.37. The predicted octanol–water partition coefficient (Wildman–Crippen LogP) is 2.38. The maximum Gasteiger partial charge on any atom is 0.271 e. The van der Waals surface area contributed by atoms with Gasteiger partial charge in [-0.1, -0.05) is 6.08 Å². The molecule has 0 unspecified atom stereocenters. The molecule has 8 heteroatoms. The lowest BCUT2D eigenvalue weighted by Gasteiger charge is -2.38. The second-order valence-corrected chi connectivity index (χ2v) is 8.20. The van der Waals surface area contributed by atoms with Crippen molar-refractivity contribution in [1.29, 1.82) is 0 Å². The number of aromatic amines is 1. The van der Waals surface area contributed by atoms with Crippen LogP contribution in [0, 0.1) is 0 Å². The van der Waals surface area contributed by atoms with Gasteiger partial charge in [-0.25, -0.2) is 4.98 Å². The van der Waals surface area contributed by atoms with E-state index in [1.54, 1.807) is 25.6 Å². The molecule has 3 heterocycles. The number of hydrogen-bond donors (Lipinski definition) is 1. The van der Waals surface area contributed by atoms with Crippen molar-refractivity contribution in [2.24, 2.45) is 0 Å². The van der Waals surface area contributed by atoms with Crippen molar-refractivity contribution in [3.05, 3.63) is 53.1 Å². The largest absolute Gasteiger partial charge is 0.481 e. The molecule has 1 amide bonds. The van der Waals surface area contributed by atoms with Crippen LogP contribution < -0.4 is 15.2 Å². The average molecular weight is 440 g/mol. The van der Waals surface area contributed by atoms with Gasteiger partial charge in [0.05, 0.1) is 7.11 Å². The molecule has 0 radical (unpaired) electrons. The summed E-state index contributed by atoms with van der Waals surface area (Å²) in [7, 11) is 5.53. The highest BCUT2D eigenvalue weighted by molar-refractivity contribution is 5.87. The van der Waals surface area contributed by atoms with Crippen molar-refractivity contribution >= 4 is 11.6 Å². The molecular formula is C24H33N5O3. The summed E-state index contributed by atoms with van der Waals surface area (Å²) in [6.07, 6.45) is 8.62. The number of pyridine rings is 2. The molecule has 2 aromatic rings. The van der Waals surface area contributed by atoms with Crippen molar-refractivity contribution in [3.8, 4) is 17.0 Å². The molecule has 3 rings (SSSR count). The fourth-order valence-corrected chi connectivity index (χ4v) is 4.05. The number of likely N-dealkylation sites (tertiary alicyclic amines) is 1. The highest BCUT2D eigenvalue weighted by Crippen LogP contribution is 2.26. The lowest BCUT2D eigenvalue weighted by atomic mass is 10.0. The van der Waals surface area contributed by atoms with Crippen LogP contribution in [0.15, 0.2) is 47.5 Å². The Kier molecular flexibility index (Phi) is 8.05. The van der Waals surface area contributed by atoms with E-state index in [1.807, 2.05) is 48.2 Å². The number of nitrogens with one attached hydrogen (secondary N) is 1. The standard InChI is InChI=1S/C24H33N5O3/c1-5-29(20-9-13-28(14-10-20)23(30)7-6-12-27(2)3)21-15-19(17-26-24(21)31)18-8-11-25-22(16-18)32-4/h6-8,11,15-17,20H,5,9-10,12-14H2,1-4H3,(H,26,31)/b7-6+. The summed E-state index contributed by atoms with van der Waals surface area (Å²) in [4.78, 5) is 38.2. The highest BCUT2D eigenvalue weighted by Gasteiger charge is 2.27. The van der Waals surface area contributed by atoms with Gasteiger partial charge < -0.3 is 24.4 Å². The lowest BCUT2D eigenvalue weighted by Crippen LogP contribution is -2.47. The normalized spacial score (nSPS) is 14.8. The molecule has 8 nitrogen and oxygen atoms in total. The van der Waals surface area contributed by atoms with Gasteiger partial charge in [0.15, 0.2) is 0 Å². The van der Waals surface area contributed by atoms with Gasteiger partial charge in [-0.3, -0.25) is 9.59 Å². The van der Waals surface area contributed by atoms with E-state index >= 15 is 0 Å². The minimum atomic E-state index is -0.109. The van der Waals surface area contributed by atoms with Crippen LogP contribution in [0.25, 0.3) is 11.1 Å². The summed E-state index contributed by atoms with van der Waals surface area (Å²) in [6, 6.07) is 5.88. The van der Waals surface area contributed by atoms with Crippen molar-refractivity contribution in [1.82, 2.24) is 19.8 Å². The molecule has 1 N–H and O–H groups in total. The Morgan fingerprint density at radius 1 is 1.28 bits per heavy atom. The molecule has 1 fully saturated rings. The molecular weight excluding hydrogens is 406 g/mol. The van der Waals surface area contributed by atoms with Gasteiger partial charge in [-0.05, 0) is 51.6 Å². The Morgan fingerprint density at radius 2 is 2.03 bits per heavy atom. The second-order valence-electron chi connectivity index (χ2n) is 8.20. The fraction of sp³-hybridized carbons (Fsp3) is 0.458. The number of anilines is 1.